The third-order valence-electron chi connectivity index (χ3n) is 4.21. The molecule has 6 heteroatoms. The third kappa shape index (κ3) is 5.10. The highest BCUT2D eigenvalue weighted by Crippen LogP contribution is 2.32. The second-order valence-electron chi connectivity index (χ2n) is 6.30. The van der Waals surface area contributed by atoms with Gasteiger partial charge in [-0.2, -0.15) is 0 Å². The molecule has 3 aromatic carbocycles. The number of aliphatic imine (C=N–C) groups is 1. The summed E-state index contributed by atoms with van der Waals surface area (Å²) in [6.45, 7) is 0.515. The predicted octanol–water partition coefficient (Wildman–Crippen LogP) is 6.58. The van der Waals surface area contributed by atoms with Gasteiger partial charge in [0.05, 0.1) is 5.02 Å². The van der Waals surface area contributed by atoms with E-state index in [4.69, 9.17) is 16.3 Å². The molecule has 3 nitrogen and oxygen atoms in total. The monoisotopic (exact) mass is 531 g/mol. The summed E-state index contributed by atoms with van der Waals surface area (Å²) >= 11 is 9.61. The van der Waals surface area contributed by atoms with Crippen LogP contribution in [-0.2, 0) is 11.4 Å². The Morgan fingerprint density at radius 3 is 2.55 bits per heavy atom. The molecule has 0 saturated heterocycles. The topological polar surface area (TPSA) is 38.7 Å². The van der Waals surface area contributed by atoms with Crippen LogP contribution in [0.25, 0.3) is 6.08 Å². The van der Waals surface area contributed by atoms with Gasteiger partial charge in [-0.25, -0.2) is 4.99 Å². The molecule has 0 bridgehead atoms. The summed E-state index contributed by atoms with van der Waals surface area (Å²) in [5, 5.41) is 1.14. The van der Waals surface area contributed by atoms with Crippen LogP contribution in [0.1, 0.15) is 16.7 Å². The number of ether oxygens (including phenoxy) is 1. The Morgan fingerprint density at radius 2 is 1.79 bits per heavy atom. The second kappa shape index (κ2) is 9.15. The van der Waals surface area contributed by atoms with E-state index in [1.54, 1.807) is 6.08 Å². The maximum Gasteiger partial charge on any atom is 0.244 e. The van der Waals surface area contributed by atoms with Crippen LogP contribution in [0.2, 0.25) is 5.02 Å². The number of rotatable bonds is 5. The number of thioether (sulfide) groups is 1. The molecule has 0 unspecified atom stereocenters. The molecule has 0 aromatic heterocycles. The predicted molar refractivity (Wildman–Crippen MR) is 128 cm³/mol. The van der Waals surface area contributed by atoms with Crippen molar-refractivity contribution in [3.8, 4) is 5.75 Å². The Balaban J connectivity index is 1.49. The first-order valence-corrected chi connectivity index (χ1v) is 11.1. The van der Waals surface area contributed by atoms with E-state index in [1.165, 1.54) is 0 Å². The summed E-state index contributed by atoms with van der Waals surface area (Å²) in [4.78, 5) is 16.9. The number of carbonyl (C=O) groups is 1. The smallest absolute Gasteiger partial charge is 0.244 e. The number of benzene rings is 3. The fraction of sp³-hybridized carbons (Fsp3) is 0.0435. The van der Waals surface area contributed by atoms with Gasteiger partial charge in [0.2, 0.25) is 5.12 Å². The summed E-state index contributed by atoms with van der Waals surface area (Å²) < 4.78 is 6.85. The summed E-state index contributed by atoms with van der Waals surface area (Å²) in [5.74, 6) is 0.776. The van der Waals surface area contributed by atoms with Gasteiger partial charge in [-0.1, -0.05) is 54.1 Å². The largest absolute Gasteiger partial charge is 0.489 e. The van der Waals surface area contributed by atoms with Crippen molar-refractivity contribution in [2.24, 2.45) is 4.99 Å². The number of halogens is 2. The molecule has 0 radical (unpaired) electrons. The lowest BCUT2D eigenvalue weighted by atomic mass is 10.2. The summed E-state index contributed by atoms with van der Waals surface area (Å²) in [7, 11) is 0. The molecule has 0 aliphatic carbocycles. The number of hydrogen-bond acceptors (Lipinski definition) is 4. The standard InChI is InChI=1S/C23H15ClINO2S/c24-20-11-8-17(25)13-19(20)22-26-21(23(27)29-22)12-15-6-9-18(10-7-15)28-14-16-4-2-1-3-5-16/h1-13H,14H2/b21-12+. The molecule has 0 spiro atoms. The lowest BCUT2D eigenvalue weighted by Crippen LogP contribution is -1.95. The zero-order valence-corrected chi connectivity index (χ0v) is 18.9. The van der Waals surface area contributed by atoms with Gasteiger partial charge >= 0.3 is 0 Å². The van der Waals surface area contributed by atoms with E-state index in [1.807, 2.05) is 72.8 Å². The van der Waals surface area contributed by atoms with Crippen LogP contribution in [0.5, 0.6) is 5.75 Å². The first-order valence-electron chi connectivity index (χ1n) is 8.83. The zero-order valence-electron chi connectivity index (χ0n) is 15.1. The first-order chi connectivity index (χ1) is 14.1. The van der Waals surface area contributed by atoms with Crippen LogP contribution >= 0.6 is 46.0 Å². The van der Waals surface area contributed by atoms with E-state index < -0.39 is 0 Å². The molecule has 4 rings (SSSR count). The molecule has 29 heavy (non-hydrogen) atoms. The van der Waals surface area contributed by atoms with Crippen LogP contribution in [0.3, 0.4) is 0 Å². The van der Waals surface area contributed by atoms with Crippen molar-refractivity contribution < 1.29 is 9.53 Å². The van der Waals surface area contributed by atoms with Crippen molar-refractivity contribution >= 4 is 62.2 Å². The van der Waals surface area contributed by atoms with Crippen LogP contribution in [0.4, 0.5) is 0 Å². The van der Waals surface area contributed by atoms with Gasteiger partial charge in [0.1, 0.15) is 23.1 Å². The van der Waals surface area contributed by atoms with Gasteiger partial charge in [0.15, 0.2) is 0 Å². The molecule has 144 valence electrons. The summed E-state index contributed by atoms with van der Waals surface area (Å²) in [5.41, 5.74) is 3.20. The van der Waals surface area contributed by atoms with Crippen LogP contribution < -0.4 is 4.74 Å². The Kier molecular flexibility index (Phi) is 6.37. The van der Waals surface area contributed by atoms with Crippen LogP contribution in [0, 0.1) is 3.57 Å². The molecular weight excluding hydrogens is 517 g/mol. The molecular formula is C23H15ClINO2S. The van der Waals surface area contributed by atoms with E-state index in [2.05, 4.69) is 27.6 Å². The Hall–Kier alpha value is -2.09. The van der Waals surface area contributed by atoms with Crippen LogP contribution in [-0.4, -0.2) is 10.2 Å². The normalized spacial score (nSPS) is 14.9. The maximum atomic E-state index is 12.4. The highest BCUT2D eigenvalue weighted by Gasteiger charge is 2.24. The molecule has 0 fully saturated rings. The van der Waals surface area contributed by atoms with E-state index >= 15 is 0 Å². The fourth-order valence-electron chi connectivity index (χ4n) is 2.74. The number of nitrogens with zero attached hydrogens (tertiary/aromatic N) is 1. The summed E-state index contributed by atoms with van der Waals surface area (Å²) in [6.07, 6.45) is 1.78. The van der Waals surface area contributed by atoms with E-state index in [0.29, 0.717) is 22.4 Å². The second-order valence-corrected chi connectivity index (χ2v) is 8.92. The van der Waals surface area contributed by atoms with E-state index in [-0.39, 0.29) is 5.12 Å². The van der Waals surface area contributed by atoms with Crippen molar-refractivity contribution in [2.45, 2.75) is 6.61 Å². The molecule has 1 aliphatic rings. The fourth-order valence-corrected chi connectivity index (χ4v) is 4.31. The average molecular weight is 532 g/mol. The molecule has 0 N–H and O–H groups in total. The molecule has 3 aromatic rings. The van der Waals surface area contributed by atoms with E-state index in [0.717, 1.165) is 37.8 Å². The van der Waals surface area contributed by atoms with Gasteiger partial charge in [0.25, 0.3) is 0 Å². The van der Waals surface area contributed by atoms with Gasteiger partial charge in [-0.05, 0) is 81.9 Å². The third-order valence-corrected chi connectivity index (χ3v) is 6.11. The van der Waals surface area contributed by atoms with Crippen molar-refractivity contribution in [1.29, 1.82) is 0 Å². The quantitative estimate of drug-likeness (QED) is 0.276. The number of hydrogen-bond donors (Lipinski definition) is 0. The van der Waals surface area contributed by atoms with Crippen LogP contribution in [0.15, 0.2) is 83.5 Å². The van der Waals surface area contributed by atoms with Gasteiger partial charge in [-0.15, -0.1) is 0 Å². The molecule has 1 heterocycles. The average Bonchev–Trinajstić information content (AvgIpc) is 3.10. The highest BCUT2D eigenvalue weighted by atomic mass is 127. The minimum atomic E-state index is -0.0840. The summed E-state index contributed by atoms with van der Waals surface area (Å²) in [6, 6.07) is 23.3. The van der Waals surface area contributed by atoms with E-state index in [9.17, 15) is 4.79 Å². The van der Waals surface area contributed by atoms with Crippen molar-refractivity contribution in [3.05, 3.63) is 104 Å². The first kappa shape index (κ1) is 20.2. The maximum absolute atomic E-state index is 12.4. The Labute approximate surface area is 192 Å². The number of carbonyl (C=O) groups excluding carboxylic acids is 1. The minimum Gasteiger partial charge on any atom is -0.489 e. The van der Waals surface area contributed by atoms with Gasteiger partial charge in [0, 0.05) is 9.13 Å². The highest BCUT2D eigenvalue weighted by molar-refractivity contribution is 14.1. The van der Waals surface area contributed by atoms with Crippen molar-refractivity contribution in [1.82, 2.24) is 0 Å². The molecule has 1 aliphatic heterocycles. The van der Waals surface area contributed by atoms with Gasteiger partial charge in [-0.3, -0.25) is 4.79 Å². The SMILES string of the molecule is O=C1SC(c2cc(I)ccc2Cl)=N/C1=C/c1ccc(OCc2ccccc2)cc1. The van der Waals surface area contributed by atoms with Crippen molar-refractivity contribution in [2.75, 3.05) is 0 Å². The van der Waals surface area contributed by atoms with Crippen molar-refractivity contribution in [3.63, 3.8) is 0 Å². The Morgan fingerprint density at radius 1 is 1.03 bits per heavy atom. The lowest BCUT2D eigenvalue weighted by molar-refractivity contribution is -0.107. The Bertz CT molecular complexity index is 1110. The molecule has 0 saturated carbocycles. The molecule has 0 atom stereocenters. The lowest BCUT2D eigenvalue weighted by Gasteiger charge is -2.06. The molecule has 0 amide bonds. The zero-order chi connectivity index (χ0) is 20.2. The minimum absolute atomic E-state index is 0.0840. The van der Waals surface area contributed by atoms with Gasteiger partial charge < -0.3 is 4.74 Å².